The zero-order chi connectivity index (χ0) is 15.4. The Kier molecular flexibility index (Phi) is 4.64. The molecule has 3 nitrogen and oxygen atoms in total. The molecule has 22 heavy (non-hydrogen) atoms. The van der Waals surface area contributed by atoms with E-state index in [1.807, 2.05) is 24.3 Å². The van der Waals surface area contributed by atoms with Crippen LogP contribution in [0, 0.1) is 0 Å². The molecule has 0 unspecified atom stereocenters. The van der Waals surface area contributed by atoms with Crippen molar-refractivity contribution in [3.05, 3.63) is 59.7 Å². The number of hydrogen-bond donors (Lipinski definition) is 2. The first kappa shape index (κ1) is 14.9. The zero-order valence-electron chi connectivity index (χ0n) is 12.6. The van der Waals surface area contributed by atoms with Gasteiger partial charge in [0.15, 0.2) is 0 Å². The second-order valence-corrected chi connectivity index (χ2v) is 6.04. The quantitative estimate of drug-likeness (QED) is 0.882. The fourth-order valence-corrected chi connectivity index (χ4v) is 3.12. The van der Waals surface area contributed by atoms with Gasteiger partial charge in [0.25, 0.3) is 0 Å². The van der Waals surface area contributed by atoms with Crippen LogP contribution in [0.2, 0.25) is 0 Å². The van der Waals surface area contributed by atoms with Gasteiger partial charge in [-0.25, -0.2) is 0 Å². The number of rotatable bonds is 4. The molecule has 3 heteroatoms. The smallest absolute Gasteiger partial charge is 0.115 e. The highest BCUT2D eigenvalue weighted by atomic mass is 16.5. The summed E-state index contributed by atoms with van der Waals surface area (Å²) in [6.07, 6.45) is 4.73. The van der Waals surface area contributed by atoms with Gasteiger partial charge >= 0.3 is 0 Å². The Balaban J connectivity index is 1.47. The first-order chi connectivity index (χ1) is 10.7. The summed E-state index contributed by atoms with van der Waals surface area (Å²) in [6, 6.07) is 14.8. The van der Waals surface area contributed by atoms with Gasteiger partial charge in [0.2, 0.25) is 0 Å². The molecule has 0 atom stereocenters. The van der Waals surface area contributed by atoms with E-state index in [1.165, 1.54) is 5.56 Å². The number of ether oxygens (including phenoxy) is 1. The van der Waals surface area contributed by atoms with Crippen molar-refractivity contribution < 1.29 is 14.9 Å². The SMILES string of the molecule is Oc1ccc(COC2CCC(c3ccc(O)cc3)CC2)cc1. The van der Waals surface area contributed by atoms with Gasteiger partial charge in [-0.05, 0) is 67.0 Å². The van der Waals surface area contributed by atoms with E-state index in [2.05, 4.69) is 0 Å². The van der Waals surface area contributed by atoms with Crippen LogP contribution in [0.3, 0.4) is 0 Å². The molecule has 2 aromatic rings. The highest BCUT2D eigenvalue weighted by molar-refractivity contribution is 5.28. The van der Waals surface area contributed by atoms with Crippen LogP contribution in [-0.4, -0.2) is 16.3 Å². The van der Waals surface area contributed by atoms with Gasteiger partial charge in [-0.3, -0.25) is 0 Å². The van der Waals surface area contributed by atoms with Gasteiger partial charge in [0.05, 0.1) is 12.7 Å². The molecule has 2 aromatic carbocycles. The third kappa shape index (κ3) is 3.80. The average molecular weight is 298 g/mol. The predicted octanol–water partition coefficient (Wildman–Crippen LogP) is 4.34. The minimum Gasteiger partial charge on any atom is -0.508 e. The van der Waals surface area contributed by atoms with Gasteiger partial charge in [-0.1, -0.05) is 24.3 Å². The molecule has 116 valence electrons. The molecule has 3 rings (SSSR count). The molecular weight excluding hydrogens is 276 g/mol. The Morgan fingerprint density at radius 1 is 0.773 bits per heavy atom. The number of phenolic OH excluding ortho intramolecular Hbond substituents is 2. The van der Waals surface area contributed by atoms with E-state index in [4.69, 9.17) is 4.74 Å². The molecule has 0 aromatic heterocycles. The molecule has 0 bridgehead atoms. The number of benzene rings is 2. The van der Waals surface area contributed by atoms with E-state index in [9.17, 15) is 10.2 Å². The Labute approximate surface area is 131 Å². The summed E-state index contributed by atoms with van der Waals surface area (Å²) < 4.78 is 5.99. The maximum atomic E-state index is 9.36. The van der Waals surface area contributed by atoms with Crippen LogP contribution in [-0.2, 0) is 11.3 Å². The van der Waals surface area contributed by atoms with Gasteiger partial charge in [-0.2, -0.15) is 0 Å². The Morgan fingerprint density at radius 3 is 1.91 bits per heavy atom. The molecule has 1 fully saturated rings. The van der Waals surface area contributed by atoms with Crippen LogP contribution in [0.4, 0.5) is 0 Å². The highest BCUT2D eigenvalue weighted by Gasteiger charge is 2.22. The van der Waals surface area contributed by atoms with E-state index in [1.54, 1.807) is 24.3 Å². The van der Waals surface area contributed by atoms with Crippen molar-refractivity contribution in [1.82, 2.24) is 0 Å². The van der Waals surface area contributed by atoms with Crippen LogP contribution in [0.25, 0.3) is 0 Å². The topological polar surface area (TPSA) is 49.7 Å². The van der Waals surface area contributed by atoms with Crippen LogP contribution in [0.1, 0.15) is 42.7 Å². The zero-order valence-corrected chi connectivity index (χ0v) is 12.6. The van der Waals surface area contributed by atoms with Crippen molar-refractivity contribution >= 4 is 0 Å². The molecule has 0 spiro atoms. The second kappa shape index (κ2) is 6.84. The summed E-state index contributed by atoms with van der Waals surface area (Å²) in [7, 11) is 0. The Morgan fingerprint density at radius 2 is 1.32 bits per heavy atom. The van der Waals surface area contributed by atoms with Crippen molar-refractivity contribution in [1.29, 1.82) is 0 Å². The summed E-state index contributed by atoms with van der Waals surface area (Å²) in [5, 5.41) is 18.6. The molecule has 0 aliphatic heterocycles. The van der Waals surface area contributed by atoms with E-state index >= 15 is 0 Å². The van der Waals surface area contributed by atoms with Gasteiger partial charge < -0.3 is 14.9 Å². The molecule has 0 heterocycles. The number of hydrogen-bond acceptors (Lipinski definition) is 3. The van der Waals surface area contributed by atoms with Gasteiger partial charge in [0.1, 0.15) is 11.5 Å². The lowest BCUT2D eigenvalue weighted by Gasteiger charge is -2.29. The number of aromatic hydroxyl groups is 2. The summed E-state index contributed by atoms with van der Waals surface area (Å²) in [6.45, 7) is 0.606. The fourth-order valence-electron chi connectivity index (χ4n) is 3.12. The summed E-state index contributed by atoms with van der Waals surface area (Å²) >= 11 is 0. The molecular formula is C19H22O3. The monoisotopic (exact) mass is 298 g/mol. The van der Waals surface area contributed by atoms with Crippen molar-refractivity contribution in [2.24, 2.45) is 0 Å². The second-order valence-electron chi connectivity index (χ2n) is 6.04. The molecule has 0 radical (unpaired) electrons. The minimum atomic E-state index is 0.290. The first-order valence-corrected chi connectivity index (χ1v) is 7.89. The maximum Gasteiger partial charge on any atom is 0.115 e. The molecule has 1 saturated carbocycles. The standard InChI is InChI=1S/C19H22O3/c20-17-7-1-14(2-8-17)13-22-19-11-5-16(6-12-19)15-3-9-18(21)10-4-15/h1-4,7-10,16,19-21H,5-6,11-13H2. The lowest BCUT2D eigenvalue weighted by molar-refractivity contribution is 0.0133. The molecule has 1 aliphatic carbocycles. The van der Waals surface area contributed by atoms with Crippen LogP contribution in [0.5, 0.6) is 11.5 Å². The summed E-state index contributed by atoms with van der Waals surface area (Å²) in [5.41, 5.74) is 2.41. The maximum absolute atomic E-state index is 9.36. The Hall–Kier alpha value is -2.00. The first-order valence-electron chi connectivity index (χ1n) is 7.89. The molecule has 2 N–H and O–H groups in total. The van der Waals surface area contributed by atoms with Crippen LogP contribution in [0.15, 0.2) is 48.5 Å². The van der Waals surface area contributed by atoms with Gasteiger partial charge in [-0.15, -0.1) is 0 Å². The van der Waals surface area contributed by atoms with Crippen molar-refractivity contribution in [3.63, 3.8) is 0 Å². The third-order valence-electron chi connectivity index (χ3n) is 4.46. The van der Waals surface area contributed by atoms with Gasteiger partial charge in [0, 0.05) is 0 Å². The predicted molar refractivity (Wildman–Crippen MR) is 86.0 cm³/mol. The minimum absolute atomic E-state index is 0.290. The number of phenols is 2. The normalized spacial score (nSPS) is 21.6. The lowest BCUT2D eigenvalue weighted by atomic mass is 9.83. The summed E-state index contributed by atoms with van der Waals surface area (Å²) in [5.74, 6) is 1.20. The van der Waals surface area contributed by atoms with Crippen LogP contribution >= 0.6 is 0 Å². The molecule has 0 saturated heterocycles. The van der Waals surface area contributed by atoms with Crippen molar-refractivity contribution in [2.75, 3.05) is 0 Å². The fraction of sp³-hybridized carbons (Fsp3) is 0.368. The van der Waals surface area contributed by atoms with Crippen molar-refractivity contribution in [3.8, 4) is 11.5 Å². The molecule has 1 aliphatic rings. The van der Waals surface area contributed by atoms with Crippen LogP contribution < -0.4 is 0 Å². The van der Waals surface area contributed by atoms with Crippen molar-refractivity contribution in [2.45, 2.75) is 44.3 Å². The third-order valence-corrected chi connectivity index (χ3v) is 4.46. The van der Waals surface area contributed by atoms with E-state index in [0.717, 1.165) is 31.2 Å². The van der Waals surface area contributed by atoms with E-state index in [-0.39, 0.29) is 5.75 Å². The Bertz CT molecular complexity index is 581. The molecule has 0 amide bonds. The highest BCUT2D eigenvalue weighted by Crippen LogP contribution is 2.34. The largest absolute Gasteiger partial charge is 0.508 e. The van der Waals surface area contributed by atoms with E-state index < -0.39 is 0 Å². The van der Waals surface area contributed by atoms with E-state index in [0.29, 0.717) is 24.4 Å². The average Bonchev–Trinajstić information content (AvgIpc) is 2.56. The summed E-state index contributed by atoms with van der Waals surface area (Å²) in [4.78, 5) is 0. The lowest BCUT2D eigenvalue weighted by Crippen LogP contribution is -2.20.